The quantitative estimate of drug-likeness (QED) is 0.456. The van der Waals surface area contributed by atoms with Gasteiger partial charge in [0.2, 0.25) is 5.91 Å². The molecule has 164 valence electrons. The molecular formula is C26H22N4O3. The molecule has 33 heavy (non-hydrogen) atoms. The Kier molecular flexibility index (Phi) is 5.22. The number of anilines is 1. The highest BCUT2D eigenvalue weighted by Crippen LogP contribution is 2.25. The number of imidazole rings is 1. The highest BCUT2D eigenvalue weighted by Gasteiger charge is 2.34. The number of hydrogen-bond donors (Lipinski definition) is 1. The smallest absolute Gasteiger partial charge is 0.261 e. The van der Waals surface area contributed by atoms with Crippen molar-refractivity contribution in [2.24, 2.45) is 7.05 Å². The van der Waals surface area contributed by atoms with Crippen LogP contribution < -0.4 is 5.32 Å². The number of nitrogens with one attached hydrogen (secondary N) is 1. The van der Waals surface area contributed by atoms with Crippen LogP contribution >= 0.6 is 0 Å². The summed E-state index contributed by atoms with van der Waals surface area (Å²) < 4.78 is 2.04. The molecule has 7 heteroatoms. The molecule has 3 aromatic carbocycles. The second kappa shape index (κ2) is 8.35. The Balaban J connectivity index is 1.18. The van der Waals surface area contributed by atoms with Crippen LogP contribution in [0.2, 0.25) is 0 Å². The van der Waals surface area contributed by atoms with Gasteiger partial charge in [-0.05, 0) is 55.0 Å². The molecule has 0 bridgehead atoms. The topological polar surface area (TPSA) is 84.3 Å². The number of rotatable bonds is 6. The molecule has 0 atom stereocenters. The van der Waals surface area contributed by atoms with Gasteiger partial charge >= 0.3 is 0 Å². The van der Waals surface area contributed by atoms with Crippen molar-refractivity contribution in [3.05, 3.63) is 83.9 Å². The predicted octanol–water partition coefficient (Wildman–Crippen LogP) is 4.26. The predicted molar refractivity (Wildman–Crippen MR) is 126 cm³/mol. The number of imide groups is 1. The maximum Gasteiger partial charge on any atom is 0.261 e. The van der Waals surface area contributed by atoms with E-state index in [0.29, 0.717) is 23.2 Å². The van der Waals surface area contributed by atoms with E-state index < -0.39 is 0 Å². The summed E-state index contributed by atoms with van der Waals surface area (Å²) in [6.45, 7) is 0.214. The number of hydrogen-bond acceptors (Lipinski definition) is 4. The molecule has 4 aromatic rings. The molecule has 1 aliphatic rings. The highest BCUT2D eigenvalue weighted by atomic mass is 16.2. The number of benzene rings is 3. The van der Waals surface area contributed by atoms with Crippen molar-refractivity contribution in [3.63, 3.8) is 0 Å². The molecular weight excluding hydrogens is 416 g/mol. The molecule has 0 unspecified atom stereocenters. The SMILES string of the molecule is Cn1c(-c2ccc(NC(=O)CCCN3C(=O)c4ccccc4C3=O)cc2)nc2ccccc21. The van der Waals surface area contributed by atoms with Crippen LogP contribution in [0.3, 0.4) is 0 Å². The molecule has 7 nitrogen and oxygen atoms in total. The zero-order valence-electron chi connectivity index (χ0n) is 18.1. The van der Waals surface area contributed by atoms with E-state index in [1.165, 1.54) is 4.90 Å². The van der Waals surface area contributed by atoms with Gasteiger partial charge in [0.25, 0.3) is 11.8 Å². The first-order valence-electron chi connectivity index (χ1n) is 10.8. The van der Waals surface area contributed by atoms with Gasteiger partial charge in [0.05, 0.1) is 22.2 Å². The van der Waals surface area contributed by atoms with Crippen molar-refractivity contribution in [1.29, 1.82) is 0 Å². The minimum Gasteiger partial charge on any atom is -0.327 e. The minimum atomic E-state index is -0.298. The van der Waals surface area contributed by atoms with Crippen LogP contribution in [0.4, 0.5) is 5.69 Å². The Morgan fingerprint density at radius 2 is 1.52 bits per heavy atom. The molecule has 0 spiro atoms. The number of fused-ring (bicyclic) bond motifs is 2. The van der Waals surface area contributed by atoms with E-state index >= 15 is 0 Å². The van der Waals surface area contributed by atoms with E-state index in [2.05, 4.69) is 5.32 Å². The maximum atomic E-state index is 12.4. The lowest BCUT2D eigenvalue weighted by atomic mass is 10.1. The molecule has 2 heterocycles. The lowest BCUT2D eigenvalue weighted by Crippen LogP contribution is -2.31. The van der Waals surface area contributed by atoms with Gasteiger partial charge in [0.15, 0.2) is 0 Å². The van der Waals surface area contributed by atoms with Gasteiger partial charge in [0.1, 0.15) is 5.82 Å². The number of aromatic nitrogens is 2. The molecule has 0 fully saturated rings. The summed E-state index contributed by atoms with van der Waals surface area (Å²) in [5.74, 6) is 0.0965. The first-order chi connectivity index (χ1) is 16.0. The fraction of sp³-hybridized carbons (Fsp3) is 0.154. The third-order valence-electron chi connectivity index (χ3n) is 5.88. The first kappa shape index (κ1) is 20.6. The van der Waals surface area contributed by atoms with Gasteiger partial charge in [-0.1, -0.05) is 24.3 Å². The van der Waals surface area contributed by atoms with Gasteiger partial charge in [-0.15, -0.1) is 0 Å². The number of aryl methyl sites for hydroxylation is 1. The standard InChI is InChI=1S/C26H22N4O3/c1-29-22-10-5-4-9-21(22)28-24(29)17-12-14-18(15-13-17)27-23(31)11-6-16-30-25(32)19-7-2-3-8-20(19)26(30)33/h2-5,7-10,12-15H,6,11,16H2,1H3,(H,27,31). The Labute approximate surface area is 190 Å². The van der Waals surface area contributed by atoms with E-state index in [-0.39, 0.29) is 30.7 Å². The zero-order valence-corrected chi connectivity index (χ0v) is 18.1. The summed E-state index contributed by atoms with van der Waals surface area (Å²) in [4.78, 5) is 43.1. The van der Waals surface area contributed by atoms with Crippen molar-refractivity contribution in [2.75, 3.05) is 11.9 Å². The van der Waals surface area contributed by atoms with Crippen LogP contribution in [-0.4, -0.2) is 38.7 Å². The van der Waals surface area contributed by atoms with Gasteiger partial charge in [-0.3, -0.25) is 19.3 Å². The van der Waals surface area contributed by atoms with E-state index in [9.17, 15) is 14.4 Å². The summed E-state index contributed by atoms with van der Waals surface area (Å²) in [5, 5.41) is 2.87. The number of para-hydroxylation sites is 2. The third-order valence-corrected chi connectivity index (χ3v) is 5.88. The summed E-state index contributed by atoms with van der Waals surface area (Å²) in [6.07, 6.45) is 0.606. The van der Waals surface area contributed by atoms with Gasteiger partial charge in [-0.2, -0.15) is 0 Å². The van der Waals surface area contributed by atoms with Crippen molar-refractivity contribution < 1.29 is 14.4 Å². The molecule has 0 saturated carbocycles. The second-order valence-electron chi connectivity index (χ2n) is 8.02. The second-order valence-corrected chi connectivity index (χ2v) is 8.02. The number of carbonyl (C=O) groups is 3. The van der Waals surface area contributed by atoms with Crippen LogP contribution in [0.1, 0.15) is 33.6 Å². The van der Waals surface area contributed by atoms with E-state index in [1.807, 2.05) is 60.1 Å². The third kappa shape index (κ3) is 3.78. The van der Waals surface area contributed by atoms with Gasteiger partial charge < -0.3 is 9.88 Å². The number of nitrogens with zero attached hydrogens (tertiary/aromatic N) is 3. The molecule has 1 N–H and O–H groups in total. The lowest BCUT2D eigenvalue weighted by molar-refractivity contribution is -0.116. The number of amides is 3. The van der Waals surface area contributed by atoms with Crippen molar-refractivity contribution in [3.8, 4) is 11.4 Å². The Hall–Kier alpha value is -4.26. The molecule has 0 radical (unpaired) electrons. The van der Waals surface area contributed by atoms with Crippen molar-refractivity contribution >= 4 is 34.4 Å². The monoisotopic (exact) mass is 438 g/mol. The Bertz CT molecular complexity index is 1350. The van der Waals surface area contributed by atoms with Crippen molar-refractivity contribution in [1.82, 2.24) is 14.5 Å². The fourth-order valence-electron chi connectivity index (χ4n) is 4.17. The van der Waals surface area contributed by atoms with Crippen LogP contribution in [0, 0.1) is 0 Å². The molecule has 1 aliphatic heterocycles. The summed E-state index contributed by atoms with van der Waals surface area (Å²) in [7, 11) is 1.98. The summed E-state index contributed by atoms with van der Waals surface area (Å²) >= 11 is 0. The average molecular weight is 438 g/mol. The van der Waals surface area contributed by atoms with Gasteiger partial charge in [0, 0.05) is 31.3 Å². The first-order valence-corrected chi connectivity index (χ1v) is 10.8. The van der Waals surface area contributed by atoms with Crippen LogP contribution in [0.25, 0.3) is 22.4 Å². The number of carbonyl (C=O) groups excluding carboxylic acids is 3. The molecule has 3 amide bonds. The van der Waals surface area contributed by atoms with Crippen molar-refractivity contribution in [2.45, 2.75) is 12.8 Å². The van der Waals surface area contributed by atoms with Crippen LogP contribution in [0.15, 0.2) is 72.8 Å². The highest BCUT2D eigenvalue weighted by molar-refractivity contribution is 6.21. The maximum absolute atomic E-state index is 12.4. The molecule has 0 aliphatic carbocycles. The zero-order chi connectivity index (χ0) is 22.9. The Morgan fingerprint density at radius 1 is 0.879 bits per heavy atom. The van der Waals surface area contributed by atoms with E-state index in [1.54, 1.807) is 24.3 Å². The van der Waals surface area contributed by atoms with E-state index in [4.69, 9.17) is 4.98 Å². The molecule has 1 aromatic heterocycles. The van der Waals surface area contributed by atoms with E-state index in [0.717, 1.165) is 22.4 Å². The average Bonchev–Trinajstić information content (AvgIpc) is 3.29. The van der Waals surface area contributed by atoms with Crippen LogP contribution in [-0.2, 0) is 11.8 Å². The van der Waals surface area contributed by atoms with Gasteiger partial charge in [-0.25, -0.2) is 4.98 Å². The largest absolute Gasteiger partial charge is 0.327 e. The minimum absolute atomic E-state index is 0.165. The Morgan fingerprint density at radius 3 is 2.18 bits per heavy atom. The molecule has 0 saturated heterocycles. The fourth-order valence-corrected chi connectivity index (χ4v) is 4.17. The molecule has 5 rings (SSSR count). The summed E-state index contributed by atoms with van der Waals surface area (Å²) in [6, 6.07) is 22.3. The van der Waals surface area contributed by atoms with Crippen LogP contribution in [0.5, 0.6) is 0 Å². The normalized spacial score (nSPS) is 12.9. The summed E-state index contributed by atoms with van der Waals surface area (Å²) in [5.41, 5.74) is 4.48. The lowest BCUT2D eigenvalue weighted by Gasteiger charge is -2.13.